The average molecular weight is 332 g/mol. The Morgan fingerprint density at radius 1 is 1.33 bits per heavy atom. The molecule has 7 heteroatoms. The number of rotatable bonds is 4. The number of carboxylic acids is 1. The molecule has 24 heavy (non-hydrogen) atoms. The Balaban J connectivity index is 1.74. The number of methoxy groups -OCH3 is 1. The minimum atomic E-state index is -1.72. The van der Waals surface area contributed by atoms with Gasteiger partial charge < -0.3 is 24.8 Å². The number of amides is 1. The molecule has 0 unspecified atom stereocenters. The second-order valence-corrected chi connectivity index (χ2v) is 6.09. The number of nitrogens with one attached hydrogen (secondary N) is 1. The van der Waals surface area contributed by atoms with E-state index >= 15 is 0 Å². The predicted molar refractivity (Wildman–Crippen MR) is 87.0 cm³/mol. The van der Waals surface area contributed by atoms with E-state index < -0.39 is 11.6 Å². The molecule has 1 aliphatic rings. The molecular weight excluding hydrogens is 312 g/mol. The van der Waals surface area contributed by atoms with E-state index in [-0.39, 0.29) is 38.3 Å². The molecule has 0 atom stereocenters. The summed E-state index contributed by atoms with van der Waals surface area (Å²) in [6.07, 6.45) is 2.09. The third-order valence-electron chi connectivity index (χ3n) is 4.65. The van der Waals surface area contributed by atoms with Crippen molar-refractivity contribution in [2.45, 2.75) is 24.9 Å². The Kier molecular flexibility index (Phi) is 4.19. The van der Waals surface area contributed by atoms with Crippen molar-refractivity contribution in [3.63, 3.8) is 0 Å². The fourth-order valence-corrected chi connectivity index (χ4v) is 3.14. The minimum Gasteiger partial charge on any atom is -0.496 e. The van der Waals surface area contributed by atoms with Gasteiger partial charge in [0.1, 0.15) is 5.75 Å². The zero-order chi connectivity index (χ0) is 17.3. The van der Waals surface area contributed by atoms with Crippen LogP contribution < -0.4 is 4.74 Å². The number of aromatic nitrogens is 1. The van der Waals surface area contributed by atoms with E-state index in [1.54, 1.807) is 18.2 Å². The minimum absolute atomic E-state index is 0.0469. The molecule has 1 aromatic heterocycles. The number of carboxylic acid groups (broad SMARTS) is 1. The molecule has 1 fully saturated rings. The van der Waals surface area contributed by atoms with Crippen molar-refractivity contribution in [3.05, 3.63) is 30.0 Å². The molecule has 128 valence electrons. The van der Waals surface area contributed by atoms with Crippen LogP contribution in [-0.4, -0.2) is 57.8 Å². The van der Waals surface area contributed by atoms with E-state index in [9.17, 15) is 14.7 Å². The molecule has 2 heterocycles. The third-order valence-corrected chi connectivity index (χ3v) is 4.65. The summed E-state index contributed by atoms with van der Waals surface area (Å²) >= 11 is 0. The van der Waals surface area contributed by atoms with Crippen molar-refractivity contribution in [2.24, 2.45) is 0 Å². The fourth-order valence-electron chi connectivity index (χ4n) is 3.14. The molecule has 0 aliphatic carbocycles. The largest absolute Gasteiger partial charge is 0.496 e. The number of aliphatic carboxylic acids is 1. The van der Waals surface area contributed by atoms with Crippen LogP contribution in [0.2, 0.25) is 0 Å². The lowest BCUT2D eigenvalue weighted by atomic mass is 9.91. The summed E-state index contributed by atoms with van der Waals surface area (Å²) in [4.78, 5) is 28.3. The van der Waals surface area contributed by atoms with Crippen LogP contribution in [0.25, 0.3) is 10.9 Å². The molecule has 0 bridgehead atoms. The van der Waals surface area contributed by atoms with E-state index in [0.29, 0.717) is 5.75 Å². The summed E-state index contributed by atoms with van der Waals surface area (Å²) in [5.74, 6) is -0.611. The maximum Gasteiger partial charge on any atom is 0.335 e. The molecule has 3 rings (SSSR count). The van der Waals surface area contributed by atoms with Crippen molar-refractivity contribution < 1.29 is 24.5 Å². The van der Waals surface area contributed by atoms with Crippen LogP contribution >= 0.6 is 0 Å². The number of piperidine rings is 1. The molecule has 1 amide bonds. The van der Waals surface area contributed by atoms with Crippen molar-refractivity contribution in [3.8, 4) is 5.75 Å². The highest BCUT2D eigenvalue weighted by Crippen LogP contribution is 2.29. The summed E-state index contributed by atoms with van der Waals surface area (Å²) in [6.45, 7) is 0.474. The average Bonchev–Trinajstić information content (AvgIpc) is 2.98. The normalized spacial score (nSPS) is 17.0. The summed E-state index contributed by atoms with van der Waals surface area (Å²) in [5, 5.41) is 19.9. The van der Waals surface area contributed by atoms with Crippen LogP contribution in [0.3, 0.4) is 0 Å². The van der Waals surface area contributed by atoms with Gasteiger partial charge in [-0.05, 0) is 17.7 Å². The van der Waals surface area contributed by atoms with Crippen molar-refractivity contribution in [1.82, 2.24) is 9.88 Å². The monoisotopic (exact) mass is 332 g/mol. The summed E-state index contributed by atoms with van der Waals surface area (Å²) in [6, 6.07) is 5.64. The highest BCUT2D eigenvalue weighted by molar-refractivity contribution is 5.93. The third kappa shape index (κ3) is 2.82. The van der Waals surface area contributed by atoms with Gasteiger partial charge in [0.25, 0.3) is 0 Å². The van der Waals surface area contributed by atoms with E-state index in [2.05, 4.69) is 4.98 Å². The Bertz CT molecular complexity index is 774. The van der Waals surface area contributed by atoms with Crippen LogP contribution in [0, 0.1) is 0 Å². The van der Waals surface area contributed by atoms with Crippen LogP contribution in [-0.2, 0) is 16.0 Å². The fraction of sp³-hybridized carbons (Fsp3) is 0.412. The van der Waals surface area contributed by atoms with Crippen LogP contribution in [0.5, 0.6) is 5.75 Å². The predicted octanol–water partition coefficient (Wildman–Crippen LogP) is 1.16. The first-order chi connectivity index (χ1) is 11.4. The van der Waals surface area contributed by atoms with Gasteiger partial charge in [0.2, 0.25) is 5.91 Å². The number of nitrogens with zero attached hydrogens (tertiary/aromatic N) is 1. The number of hydrogen-bond donors (Lipinski definition) is 3. The Morgan fingerprint density at radius 3 is 2.67 bits per heavy atom. The van der Waals surface area contributed by atoms with Gasteiger partial charge in [-0.2, -0.15) is 0 Å². The number of aromatic amines is 1. The zero-order valence-electron chi connectivity index (χ0n) is 13.4. The van der Waals surface area contributed by atoms with E-state index in [1.807, 2.05) is 18.2 Å². The van der Waals surface area contributed by atoms with Gasteiger partial charge in [0, 0.05) is 43.0 Å². The van der Waals surface area contributed by atoms with Crippen molar-refractivity contribution in [1.29, 1.82) is 0 Å². The lowest BCUT2D eigenvalue weighted by molar-refractivity contribution is -0.165. The lowest BCUT2D eigenvalue weighted by Crippen LogP contribution is -2.51. The number of fused-ring (bicyclic) bond motifs is 1. The van der Waals surface area contributed by atoms with Crippen LogP contribution in [0.15, 0.2) is 24.4 Å². The van der Waals surface area contributed by atoms with Crippen LogP contribution in [0.1, 0.15) is 18.4 Å². The molecule has 3 N–H and O–H groups in total. The standard InChI is InChI=1S/C17H20N2O5/c1-24-13-4-2-3-12-15(13)11(10-18-12)9-14(20)19-7-5-17(23,6-8-19)16(21)22/h2-4,10,18,23H,5-9H2,1H3,(H,21,22). The summed E-state index contributed by atoms with van der Waals surface area (Å²) < 4.78 is 5.36. The molecule has 1 saturated heterocycles. The molecule has 2 aromatic rings. The van der Waals surface area contributed by atoms with Gasteiger partial charge in [0.05, 0.1) is 13.5 Å². The number of likely N-dealkylation sites (tertiary alicyclic amines) is 1. The van der Waals surface area contributed by atoms with Crippen LogP contribution in [0.4, 0.5) is 0 Å². The molecule has 0 radical (unpaired) electrons. The summed E-state index contributed by atoms with van der Waals surface area (Å²) in [5.41, 5.74) is 0.0170. The first-order valence-corrected chi connectivity index (χ1v) is 7.81. The highest BCUT2D eigenvalue weighted by atomic mass is 16.5. The van der Waals surface area contributed by atoms with Crippen molar-refractivity contribution >= 4 is 22.8 Å². The maximum absolute atomic E-state index is 12.5. The number of H-pyrrole nitrogens is 1. The Hall–Kier alpha value is -2.54. The van der Waals surface area contributed by atoms with E-state index in [0.717, 1.165) is 16.5 Å². The second-order valence-electron chi connectivity index (χ2n) is 6.09. The maximum atomic E-state index is 12.5. The van der Waals surface area contributed by atoms with E-state index in [1.165, 1.54) is 0 Å². The van der Waals surface area contributed by atoms with Gasteiger partial charge in [-0.1, -0.05) is 6.07 Å². The smallest absolute Gasteiger partial charge is 0.335 e. The molecule has 7 nitrogen and oxygen atoms in total. The number of carbonyl (C=O) groups is 2. The molecule has 0 saturated carbocycles. The quantitative estimate of drug-likeness (QED) is 0.779. The SMILES string of the molecule is COc1cccc2[nH]cc(CC(=O)N3CCC(O)(C(=O)O)CC3)c12. The Labute approximate surface area is 138 Å². The number of ether oxygens (including phenoxy) is 1. The number of benzene rings is 1. The van der Waals surface area contributed by atoms with Gasteiger partial charge >= 0.3 is 5.97 Å². The first-order valence-electron chi connectivity index (χ1n) is 7.81. The zero-order valence-corrected chi connectivity index (χ0v) is 13.4. The molecule has 1 aromatic carbocycles. The first kappa shape index (κ1) is 16.3. The van der Waals surface area contributed by atoms with Crippen molar-refractivity contribution in [2.75, 3.05) is 20.2 Å². The number of hydrogen-bond acceptors (Lipinski definition) is 4. The van der Waals surface area contributed by atoms with Gasteiger partial charge in [-0.25, -0.2) is 4.79 Å². The molecular formula is C17H20N2O5. The molecule has 0 spiro atoms. The summed E-state index contributed by atoms with van der Waals surface area (Å²) in [7, 11) is 1.59. The van der Waals surface area contributed by atoms with Gasteiger partial charge in [-0.15, -0.1) is 0 Å². The second kappa shape index (κ2) is 6.16. The number of aliphatic hydroxyl groups is 1. The van der Waals surface area contributed by atoms with Gasteiger partial charge in [-0.3, -0.25) is 4.79 Å². The lowest BCUT2D eigenvalue weighted by Gasteiger charge is -2.35. The molecule has 1 aliphatic heterocycles. The number of carbonyl (C=O) groups excluding carboxylic acids is 1. The van der Waals surface area contributed by atoms with Gasteiger partial charge in [0.15, 0.2) is 5.60 Å². The Morgan fingerprint density at radius 2 is 2.04 bits per heavy atom. The van der Waals surface area contributed by atoms with E-state index in [4.69, 9.17) is 9.84 Å². The topological polar surface area (TPSA) is 103 Å². The highest BCUT2D eigenvalue weighted by Gasteiger charge is 2.40.